The van der Waals surface area contributed by atoms with E-state index in [1.165, 1.54) is 12.8 Å². The fourth-order valence-corrected chi connectivity index (χ4v) is 5.40. The minimum absolute atomic E-state index is 0.196. The van der Waals surface area contributed by atoms with E-state index in [0.29, 0.717) is 29.7 Å². The van der Waals surface area contributed by atoms with Crippen LogP contribution in [0.1, 0.15) is 47.8 Å². The molecule has 2 atom stereocenters. The van der Waals surface area contributed by atoms with Gasteiger partial charge in [0.25, 0.3) is 5.91 Å². The van der Waals surface area contributed by atoms with Gasteiger partial charge in [0.15, 0.2) is 5.69 Å². The molecule has 2 fully saturated rings. The van der Waals surface area contributed by atoms with Crippen LogP contribution in [-0.4, -0.2) is 52.9 Å². The fourth-order valence-electron chi connectivity index (χ4n) is 5.40. The van der Waals surface area contributed by atoms with Gasteiger partial charge in [-0.15, -0.1) is 0 Å². The number of primary amides is 1. The van der Waals surface area contributed by atoms with Crippen molar-refractivity contribution in [3.8, 4) is 5.75 Å². The zero-order valence-electron chi connectivity index (χ0n) is 19.5. The third-order valence-electron chi connectivity index (χ3n) is 7.21. The van der Waals surface area contributed by atoms with Crippen molar-refractivity contribution in [1.82, 2.24) is 20.0 Å². The number of anilines is 1. The van der Waals surface area contributed by atoms with Crippen LogP contribution in [0.4, 0.5) is 10.5 Å². The normalized spacial score (nSPS) is 22.0. The van der Waals surface area contributed by atoms with Crippen molar-refractivity contribution >= 4 is 28.5 Å². The van der Waals surface area contributed by atoms with E-state index in [1.54, 1.807) is 19.2 Å². The van der Waals surface area contributed by atoms with E-state index in [4.69, 9.17) is 10.5 Å². The predicted molar refractivity (Wildman–Crippen MR) is 130 cm³/mol. The Morgan fingerprint density at radius 3 is 2.59 bits per heavy atom. The summed E-state index contributed by atoms with van der Waals surface area (Å²) >= 11 is 0. The van der Waals surface area contributed by atoms with Gasteiger partial charge >= 0.3 is 6.03 Å². The Hall–Kier alpha value is -3.59. The Labute approximate surface area is 198 Å². The topological polar surface area (TPSA) is 115 Å². The van der Waals surface area contributed by atoms with Crippen molar-refractivity contribution in [3.05, 3.63) is 53.7 Å². The summed E-state index contributed by atoms with van der Waals surface area (Å²) in [5, 5.41) is 11.1. The summed E-state index contributed by atoms with van der Waals surface area (Å²) in [4.78, 5) is 27.1. The van der Waals surface area contributed by atoms with Gasteiger partial charge < -0.3 is 26.0 Å². The van der Waals surface area contributed by atoms with E-state index < -0.39 is 5.91 Å². The van der Waals surface area contributed by atoms with Crippen LogP contribution in [0.5, 0.6) is 5.75 Å². The standard InChI is InChI=1S/C25H30N6O3/c1-30-17-7-8-18(30)13-19(12-17)31-22-11-16(6-9-21(22)23(29-31)24(26)32)28-25(33)27-14-15-4-3-5-20(10-15)34-2/h3-6,9-11,17-19H,7-8,12-14H2,1-2H3,(H2,26,32)(H2,27,28,33). The summed E-state index contributed by atoms with van der Waals surface area (Å²) in [6.45, 7) is 0.368. The van der Waals surface area contributed by atoms with Crippen LogP contribution in [0.25, 0.3) is 10.9 Å². The number of aromatic nitrogens is 2. The van der Waals surface area contributed by atoms with Crippen molar-refractivity contribution < 1.29 is 14.3 Å². The number of nitrogens with two attached hydrogens (primary N) is 1. The Balaban J connectivity index is 1.36. The van der Waals surface area contributed by atoms with E-state index in [-0.39, 0.29) is 17.8 Å². The molecule has 2 aliphatic heterocycles. The summed E-state index contributed by atoms with van der Waals surface area (Å²) in [7, 11) is 3.81. The zero-order chi connectivity index (χ0) is 23.8. The number of methoxy groups -OCH3 is 1. The molecule has 2 bridgehead atoms. The van der Waals surface area contributed by atoms with Crippen molar-refractivity contribution in [2.45, 2.75) is 50.4 Å². The molecule has 2 aliphatic rings. The zero-order valence-corrected chi connectivity index (χ0v) is 19.5. The number of urea groups is 1. The maximum atomic E-state index is 12.6. The van der Waals surface area contributed by atoms with Gasteiger partial charge in [-0.2, -0.15) is 5.10 Å². The van der Waals surface area contributed by atoms with E-state index >= 15 is 0 Å². The predicted octanol–water partition coefficient (Wildman–Crippen LogP) is 3.26. The number of hydrogen-bond acceptors (Lipinski definition) is 5. The summed E-state index contributed by atoms with van der Waals surface area (Å²) in [5.74, 6) is 0.197. The quantitative estimate of drug-likeness (QED) is 0.520. The first kappa shape index (κ1) is 22.2. The molecule has 178 valence electrons. The number of fused-ring (bicyclic) bond motifs is 3. The first-order valence-electron chi connectivity index (χ1n) is 11.6. The third kappa shape index (κ3) is 4.19. The number of carbonyl (C=O) groups is 2. The molecule has 2 aromatic carbocycles. The highest BCUT2D eigenvalue weighted by atomic mass is 16.5. The summed E-state index contributed by atoms with van der Waals surface area (Å²) in [6.07, 6.45) is 4.36. The molecule has 1 aromatic heterocycles. The first-order chi connectivity index (χ1) is 16.4. The maximum Gasteiger partial charge on any atom is 0.319 e. The molecule has 5 rings (SSSR count). The van der Waals surface area contributed by atoms with E-state index in [0.717, 1.165) is 29.7 Å². The van der Waals surface area contributed by atoms with Gasteiger partial charge in [0.1, 0.15) is 5.75 Å². The highest BCUT2D eigenvalue weighted by Gasteiger charge is 2.40. The van der Waals surface area contributed by atoms with Crippen LogP contribution in [-0.2, 0) is 6.54 Å². The second-order valence-electron chi connectivity index (χ2n) is 9.22. The minimum Gasteiger partial charge on any atom is -0.497 e. The average Bonchev–Trinajstić information content (AvgIpc) is 3.29. The van der Waals surface area contributed by atoms with Crippen molar-refractivity contribution in [2.24, 2.45) is 5.73 Å². The number of rotatable bonds is 6. The van der Waals surface area contributed by atoms with Crippen LogP contribution < -0.4 is 21.1 Å². The Bertz CT molecular complexity index is 1220. The number of piperidine rings is 1. The van der Waals surface area contributed by atoms with Gasteiger partial charge in [-0.25, -0.2) is 4.79 Å². The molecule has 3 aromatic rings. The largest absolute Gasteiger partial charge is 0.497 e. The lowest BCUT2D eigenvalue weighted by Crippen LogP contribution is -2.40. The number of nitrogens with one attached hydrogen (secondary N) is 2. The Morgan fingerprint density at radius 2 is 1.88 bits per heavy atom. The number of amides is 3. The molecule has 4 N–H and O–H groups in total. The smallest absolute Gasteiger partial charge is 0.319 e. The molecule has 2 saturated heterocycles. The monoisotopic (exact) mass is 462 g/mol. The van der Waals surface area contributed by atoms with Crippen LogP contribution >= 0.6 is 0 Å². The molecule has 3 heterocycles. The van der Waals surface area contributed by atoms with Gasteiger partial charge in [0.2, 0.25) is 0 Å². The SMILES string of the molecule is COc1cccc(CNC(=O)Nc2ccc3c(C(N)=O)nn(C4CC5CCC(C4)N5C)c3c2)c1. The van der Waals surface area contributed by atoms with Gasteiger partial charge in [-0.1, -0.05) is 12.1 Å². The fraction of sp³-hybridized carbons (Fsp3) is 0.400. The highest BCUT2D eigenvalue weighted by molar-refractivity contribution is 6.05. The molecule has 9 heteroatoms. The number of benzene rings is 2. The number of hydrogen-bond donors (Lipinski definition) is 3. The number of ether oxygens (including phenoxy) is 1. The lowest BCUT2D eigenvalue weighted by molar-refractivity contribution is 0.0993. The van der Waals surface area contributed by atoms with Crippen molar-refractivity contribution in [3.63, 3.8) is 0 Å². The van der Waals surface area contributed by atoms with E-state index in [9.17, 15) is 9.59 Å². The molecule has 9 nitrogen and oxygen atoms in total. The van der Waals surface area contributed by atoms with Gasteiger partial charge in [0.05, 0.1) is 18.7 Å². The molecule has 2 unspecified atom stereocenters. The van der Waals surface area contributed by atoms with E-state index in [1.807, 2.05) is 35.0 Å². The van der Waals surface area contributed by atoms with Crippen molar-refractivity contribution in [2.75, 3.05) is 19.5 Å². The van der Waals surface area contributed by atoms with E-state index in [2.05, 4.69) is 27.7 Å². The lowest BCUT2D eigenvalue weighted by atomic mass is 9.98. The lowest BCUT2D eigenvalue weighted by Gasteiger charge is -2.36. The number of nitrogens with zero attached hydrogens (tertiary/aromatic N) is 3. The van der Waals surface area contributed by atoms with Crippen LogP contribution in [0, 0.1) is 0 Å². The van der Waals surface area contributed by atoms with Gasteiger partial charge in [-0.05, 0) is 68.6 Å². The Kier molecular flexibility index (Phi) is 5.87. The first-order valence-corrected chi connectivity index (χ1v) is 11.6. The molecule has 0 saturated carbocycles. The summed E-state index contributed by atoms with van der Waals surface area (Å²) in [5.41, 5.74) is 8.29. The molecule has 0 radical (unpaired) electrons. The molecular formula is C25H30N6O3. The Morgan fingerprint density at radius 1 is 1.12 bits per heavy atom. The van der Waals surface area contributed by atoms with Crippen molar-refractivity contribution in [1.29, 1.82) is 0 Å². The second kappa shape index (κ2) is 8.98. The van der Waals surface area contributed by atoms with Crippen LogP contribution in [0.15, 0.2) is 42.5 Å². The molecule has 34 heavy (non-hydrogen) atoms. The number of carbonyl (C=O) groups excluding carboxylic acids is 2. The van der Waals surface area contributed by atoms with Gasteiger partial charge in [-0.3, -0.25) is 9.48 Å². The molecule has 3 amide bonds. The van der Waals surface area contributed by atoms with Gasteiger partial charge in [0, 0.05) is 29.7 Å². The minimum atomic E-state index is -0.545. The van der Waals surface area contributed by atoms with Crippen LogP contribution in [0.3, 0.4) is 0 Å². The second-order valence-corrected chi connectivity index (χ2v) is 9.22. The maximum absolute atomic E-state index is 12.6. The summed E-state index contributed by atoms with van der Waals surface area (Å²) in [6, 6.07) is 13.9. The molecule has 0 spiro atoms. The highest BCUT2D eigenvalue weighted by Crippen LogP contribution is 2.41. The molecule has 0 aliphatic carbocycles. The molecular weight excluding hydrogens is 432 g/mol. The average molecular weight is 463 g/mol. The van der Waals surface area contributed by atoms with Crippen LogP contribution in [0.2, 0.25) is 0 Å². The summed E-state index contributed by atoms with van der Waals surface area (Å²) < 4.78 is 7.18. The third-order valence-corrected chi connectivity index (χ3v) is 7.21.